The van der Waals surface area contributed by atoms with Crippen LogP contribution in [0.3, 0.4) is 0 Å². The topological polar surface area (TPSA) is 20.2 Å². The van der Waals surface area contributed by atoms with E-state index in [1.165, 1.54) is 19.1 Å². The van der Waals surface area contributed by atoms with Gasteiger partial charge in [-0.05, 0) is 31.0 Å². The van der Waals surface area contributed by atoms with Crippen molar-refractivity contribution in [1.82, 2.24) is 0 Å². The molecule has 0 heterocycles. The number of aryl methyl sites for hydroxylation is 2. The van der Waals surface area contributed by atoms with Crippen molar-refractivity contribution in [2.45, 2.75) is 20.0 Å². The summed E-state index contributed by atoms with van der Waals surface area (Å²) in [7, 11) is 0. The van der Waals surface area contributed by atoms with Gasteiger partial charge in [0.2, 0.25) is 0 Å². The zero-order valence-corrected chi connectivity index (χ0v) is 10.5. The lowest BCUT2D eigenvalue weighted by Crippen LogP contribution is -2.07. The van der Waals surface area contributed by atoms with E-state index in [1.54, 1.807) is 19.1 Å². The van der Waals surface area contributed by atoms with E-state index in [9.17, 15) is 18.3 Å². The fourth-order valence-electron chi connectivity index (χ4n) is 1.94. The molecule has 0 aliphatic heterocycles. The summed E-state index contributed by atoms with van der Waals surface area (Å²) >= 11 is 0. The van der Waals surface area contributed by atoms with Gasteiger partial charge in [0.05, 0.1) is 0 Å². The van der Waals surface area contributed by atoms with Crippen molar-refractivity contribution in [3.63, 3.8) is 0 Å². The molecule has 0 aromatic heterocycles. The lowest BCUT2D eigenvalue weighted by atomic mass is 9.97. The molecule has 0 saturated carbocycles. The highest BCUT2D eigenvalue weighted by Gasteiger charge is 2.20. The molecule has 2 aromatic carbocycles. The van der Waals surface area contributed by atoms with E-state index >= 15 is 0 Å². The lowest BCUT2D eigenvalue weighted by Gasteiger charge is -2.15. The van der Waals surface area contributed by atoms with Crippen LogP contribution in [0, 0.1) is 31.3 Å². The zero-order valence-electron chi connectivity index (χ0n) is 10.5. The maximum atomic E-state index is 13.9. The molecular weight excluding hydrogens is 253 g/mol. The van der Waals surface area contributed by atoms with Crippen LogP contribution in [0.25, 0.3) is 0 Å². The van der Waals surface area contributed by atoms with Gasteiger partial charge in [0.15, 0.2) is 0 Å². The summed E-state index contributed by atoms with van der Waals surface area (Å²) in [5, 5.41) is 10.1. The average molecular weight is 266 g/mol. The molecule has 0 radical (unpaired) electrons. The molecule has 1 atom stereocenters. The smallest absolute Gasteiger partial charge is 0.132 e. The van der Waals surface area contributed by atoms with Crippen LogP contribution < -0.4 is 0 Å². The zero-order chi connectivity index (χ0) is 14.2. The third kappa shape index (κ3) is 2.49. The van der Waals surface area contributed by atoms with Gasteiger partial charge in [0, 0.05) is 17.2 Å². The van der Waals surface area contributed by atoms with Crippen LogP contribution in [0.1, 0.15) is 28.4 Å². The summed E-state index contributed by atoms with van der Waals surface area (Å²) in [6.45, 7) is 3.01. The first-order chi connectivity index (χ1) is 8.91. The molecule has 4 heteroatoms. The highest BCUT2D eigenvalue weighted by Crippen LogP contribution is 2.29. The molecule has 2 rings (SSSR count). The molecule has 0 bridgehead atoms. The largest absolute Gasteiger partial charge is 0.383 e. The Balaban J connectivity index is 2.53. The minimum absolute atomic E-state index is 0.0232. The Kier molecular flexibility index (Phi) is 3.62. The average Bonchev–Trinajstić information content (AvgIpc) is 2.36. The summed E-state index contributed by atoms with van der Waals surface area (Å²) in [4.78, 5) is 0. The van der Waals surface area contributed by atoms with Crippen molar-refractivity contribution in [3.8, 4) is 0 Å². The first-order valence-electron chi connectivity index (χ1n) is 5.80. The standard InChI is InChI=1S/C15H13F3O/c1-8-4-3-5-10(14(8)18)15(19)11-6-9(2)12(16)7-13(11)17/h3-7,15,19H,1-2H3. The highest BCUT2D eigenvalue weighted by atomic mass is 19.1. The highest BCUT2D eigenvalue weighted by molar-refractivity contribution is 5.36. The van der Waals surface area contributed by atoms with Crippen molar-refractivity contribution in [2.75, 3.05) is 0 Å². The van der Waals surface area contributed by atoms with Gasteiger partial charge in [-0.1, -0.05) is 18.2 Å². The molecule has 100 valence electrons. The number of aliphatic hydroxyl groups is 1. The Morgan fingerprint density at radius 2 is 1.58 bits per heavy atom. The predicted octanol–water partition coefficient (Wildman–Crippen LogP) is 3.80. The molecule has 0 aliphatic carbocycles. The van der Waals surface area contributed by atoms with Crippen LogP contribution in [0.2, 0.25) is 0 Å². The van der Waals surface area contributed by atoms with Crippen LogP contribution in [-0.4, -0.2) is 5.11 Å². The third-order valence-electron chi connectivity index (χ3n) is 3.09. The van der Waals surface area contributed by atoms with Crippen LogP contribution in [0.5, 0.6) is 0 Å². The molecule has 1 nitrogen and oxygen atoms in total. The molecule has 19 heavy (non-hydrogen) atoms. The van der Waals surface area contributed by atoms with Crippen molar-refractivity contribution < 1.29 is 18.3 Å². The fourth-order valence-corrected chi connectivity index (χ4v) is 1.94. The first kappa shape index (κ1) is 13.6. The minimum atomic E-state index is -1.46. The Bertz CT molecular complexity index is 623. The molecule has 0 aliphatic rings. The van der Waals surface area contributed by atoms with Crippen molar-refractivity contribution in [3.05, 3.63) is 70.0 Å². The Morgan fingerprint density at radius 1 is 0.895 bits per heavy atom. The first-order valence-corrected chi connectivity index (χ1v) is 5.80. The van der Waals surface area contributed by atoms with Gasteiger partial charge in [0.25, 0.3) is 0 Å². The molecule has 0 saturated heterocycles. The normalized spacial score (nSPS) is 12.5. The maximum absolute atomic E-state index is 13.9. The second kappa shape index (κ2) is 5.05. The molecule has 0 spiro atoms. The minimum Gasteiger partial charge on any atom is -0.383 e. The number of rotatable bonds is 2. The van der Waals surface area contributed by atoms with Crippen LogP contribution in [-0.2, 0) is 0 Å². The predicted molar refractivity (Wildman–Crippen MR) is 66.3 cm³/mol. The second-order valence-electron chi connectivity index (χ2n) is 4.50. The van der Waals surface area contributed by atoms with Crippen molar-refractivity contribution >= 4 is 0 Å². The third-order valence-corrected chi connectivity index (χ3v) is 3.09. The van der Waals surface area contributed by atoms with Gasteiger partial charge in [-0.15, -0.1) is 0 Å². The number of aliphatic hydroxyl groups excluding tert-OH is 1. The summed E-state index contributed by atoms with van der Waals surface area (Å²) in [5.41, 5.74) is 0.396. The van der Waals surface area contributed by atoms with E-state index in [0.717, 1.165) is 0 Å². The van der Waals surface area contributed by atoms with E-state index in [-0.39, 0.29) is 16.7 Å². The molecular formula is C15H13F3O. The van der Waals surface area contributed by atoms with Gasteiger partial charge in [-0.2, -0.15) is 0 Å². The Morgan fingerprint density at radius 3 is 2.26 bits per heavy atom. The van der Waals surface area contributed by atoms with E-state index in [4.69, 9.17) is 0 Å². The van der Waals surface area contributed by atoms with Crippen molar-refractivity contribution in [1.29, 1.82) is 0 Å². The van der Waals surface area contributed by atoms with E-state index in [2.05, 4.69) is 0 Å². The number of benzene rings is 2. The monoisotopic (exact) mass is 266 g/mol. The lowest BCUT2D eigenvalue weighted by molar-refractivity contribution is 0.209. The van der Waals surface area contributed by atoms with Crippen LogP contribution >= 0.6 is 0 Å². The molecule has 0 amide bonds. The van der Waals surface area contributed by atoms with Gasteiger partial charge >= 0.3 is 0 Å². The van der Waals surface area contributed by atoms with Gasteiger partial charge in [-0.3, -0.25) is 0 Å². The van der Waals surface area contributed by atoms with Crippen molar-refractivity contribution in [2.24, 2.45) is 0 Å². The van der Waals surface area contributed by atoms with E-state index in [1.807, 2.05) is 0 Å². The maximum Gasteiger partial charge on any atom is 0.132 e. The summed E-state index contributed by atoms with van der Waals surface area (Å²) < 4.78 is 40.7. The molecule has 1 unspecified atom stereocenters. The summed E-state index contributed by atoms with van der Waals surface area (Å²) in [6.07, 6.45) is -1.46. The van der Waals surface area contributed by atoms with Gasteiger partial charge in [0.1, 0.15) is 23.6 Å². The fraction of sp³-hybridized carbons (Fsp3) is 0.200. The van der Waals surface area contributed by atoms with E-state index < -0.39 is 23.6 Å². The molecule has 0 fully saturated rings. The number of halogens is 3. The van der Waals surface area contributed by atoms with Gasteiger partial charge in [-0.25, -0.2) is 13.2 Å². The number of hydrogen-bond acceptors (Lipinski definition) is 1. The summed E-state index contributed by atoms with van der Waals surface area (Å²) in [6, 6.07) is 6.40. The molecule has 2 aromatic rings. The summed E-state index contributed by atoms with van der Waals surface area (Å²) in [5.74, 6) is -2.17. The quantitative estimate of drug-likeness (QED) is 0.876. The number of hydrogen-bond donors (Lipinski definition) is 1. The van der Waals surface area contributed by atoms with Gasteiger partial charge < -0.3 is 5.11 Å². The molecule has 1 N–H and O–H groups in total. The van der Waals surface area contributed by atoms with Crippen LogP contribution in [0.4, 0.5) is 13.2 Å². The SMILES string of the molecule is Cc1cc(C(O)c2cccc(C)c2F)c(F)cc1F. The Hall–Kier alpha value is -1.81. The second-order valence-corrected chi connectivity index (χ2v) is 4.50. The van der Waals surface area contributed by atoms with E-state index in [0.29, 0.717) is 11.6 Å². The Labute approximate surface area is 109 Å². The van der Waals surface area contributed by atoms with Crippen LogP contribution in [0.15, 0.2) is 30.3 Å².